The first-order valence-electron chi connectivity index (χ1n) is 4.37. The monoisotopic (exact) mass is 140 g/mol. The maximum absolute atomic E-state index is 10.1. The number of hydrogen-bond acceptors (Lipinski definition) is 1. The van der Waals surface area contributed by atoms with Crippen molar-refractivity contribution in [2.45, 2.75) is 38.7 Å². The number of fused-ring (bicyclic) bond motifs is 1. The molecular weight excluding hydrogens is 124 g/mol. The Kier molecular flexibility index (Phi) is 1.17. The highest BCUT2D eigenvalue weighted by atomic mass is 16.3. The highest BCUT2D eigenvalue weighted by Gasteiger charge is 2.58. The molecule has 2 aliphatic carbocycles. The van der Waals surface area contributed by atoms with Crippen molar-refractivity contribution < 1.29 is 5.11 Å². The standard InChI is InChI=1S/C9H16O/c1-6(2)9(10)4-3-7-5-8(7)9/h6-8,10H,3-5H2,1-2H3. The maximum atomic E-state index is 10.1. The van der Waals surface area contributed by atoms with E-state index in [2.05, 4.69) is 13.8 Å². The van der Waals surface area contributed by atoms with Gasteiger partial charge in [0.2, 0.25) is 0 Å². The van der Waals surface area contributed by atoms with Crippen molar-refractivity contribution in [3.05, 3.63) is 0 Å². The average molecular weight is 140 g/mol. The van der Waals surface area contributed by atoms with Crippen LogP contribution in [0, 0.1) is 17.8 Å². The van der Waals surface area contributed by atoms with Crippen molar-refractivity contribution in [3.63, 3.8) is 0 Å². The lowest BCUT2D eigenvalue weighted by Crippen LogP contribution is -2.34. The van der Waals surface area contributed by atoms with Gasteiger partial charge in [0.15, 0.2) is 0 Å². The second kappa shape index (κ2) is 1.76. The number of hydrogen-bond donors (Lipinski definition) is 1. The molecule has 0 radical (unpaired) electrons. The predicted octanol–water partition coefficient (Wildman–Crippen LogP) is 1.80. The quantitative estimate of drug-likeness (QED) is 0.589. The highest BCUT2D eigenvalue weighted by Crippen LogP contribution is 2.59. The molecule has 1 nitrogen and oxygen atoms in total. The molecule has 0 aromatic carbocycles. The van der Waals surface area contributed by atoms with E-state index in [1.165, 1.54) is 12.8 Å². The Labute approximate surface area is 62.4 Å². The van der Waals surface area contributed by atoms with E-state index in [1.807, 2.05) is 0 Å². The smallest absolute Gasteiger partial charge is 0.0701 e. The lowest BCUT2D eigenvalue weighted by Gasteiger charge is -2.29. The Morgan fingerprint density at radius 1 is 1.50 bits per heavy atom. The van der Waals surface area contributed by atoms with Crippen LogP contribution >= 0.6 is 0 Å². The Hall–Kier alpha value is -0.0400. The Morgan fingerprint density at radius 2 is 2.20 bits per heavy atom. The summed E-state index contributed by atoms with van der Waals surface area (Å²) in [4.78, 5) is 0. The molecule has 2 saturated carbocycles. The minimum absolute atomic E-state index is 0.273. The van der Waals surface area contributed by atoms with Gasteiger partial charge in [0.25, 0.3) is 0 Å². The van der Waals surface area contributed by atoms with E-state index in [-0.39, 0.29) is 5.60 Å². The zero-order valence-electron chi connectivity index (χ0n) is 6.80. The van der Waals surface area contributed by atoms with Gasteiger partial charge in [-0.3, -0.25) is 0 Å². The zero-order valence-corrected chi connectivity index (χ0v) is 6.80. The molecule has 2 fully saturated rings. The van der Waals surface area contributed by atoms with Crippen LogP contribution < -0.4 is 0 Å². The van der Waals surface area contributed by atoms with Crippen molar-refractivity contribution in [3.8, 4) is 0 Å². The van der Waals surface area contributed by atoms with Crippen LogP contribution in [0.3, 0.4) is 0 Å². The van der Waals surface area contributed by atoms with Crippen LogP contribution in [0.4, 0.5) is 0 Å². The first-order chi connectivity index (χ1) is 4.64. The Bertz CT molecular complexity index is 153. The van der Waals surface area contributed by atoms with Crippen molar-refractivity contribution in [2.24, 2.45) is 17.8 Å². The maximum Gasteiger partial charge on any atom is 0.0701 e. The fourth-order valence-electron chi connectivity index (χ4n) is 2.50. The van der Waals surface area contributed by atoms with Crippen molar-refractivity contribution in [1.82, 2.24) is 0 Å². The third kappa shape index (κ3) is 0.672. The predicted molar refractivity (Wildman–Crippen MR) is 40.6 cm³/mol. The molecule has 0 aliphatic heterocycles. The highest BCUT2D eigenvalue weighted by molar-refractivity contribution is 5.08. The summed E-state index contributed by atoms with van der Waals surface area (Å²) in [6.45, 7) is 4.28. The van der Waals surface area contributed by atoms with E-state index in [4.69, 9.17) is 0 Å². The summed E-state index contributed by atoms with van der Waals surface area (Å²) in [6.07, 6.45) is 3.63. The van der Waals surface area contributed by atoms with E-state index in [9.17, 15) is 5.11 Å². The molecule has 58 valence electrons. The molecule has 0 heterocycles. The summed E-state index contributed by atoms with van der Waals surface area (Å²) < 4.78 is 0. The summed E-state index contributed by atoms with van der Waals surface area (Å²) in [5.41, 5.74) is -0.273. The molecule has 0 spiro atoms. The Balaban J connectivity index is 2.14. The van der Waals surface area contributed by atoms with Gasteiger partial charge < -0.3 is 5.11 Å². The Morgan fingerprint density at radius 3 is 2.40 bits per heavy atom. The number of rotatable bonds is 1. The molecule has 3 unspecified atom stereocenters. The van der Waals surface area contributed by atoms with E-state index < -0.39 is 0 Å². The van der Waals surface area contributed by atoms with E-state index in [0.717, 1.165) is 12.3 Å². The lowest BCUT2D eigenvalue weighted by molar-refractivity contribution is -0.0192. The van der Waals surface area contributed by atoms with Crippen LogP contribution in [0.2, 0.25) is 0 Å². The third-order valence-electron chi connectivity index (χ3n) is 3.48. The van der Waals surface area contributed by atoms with Crippen LogP contribution in [0.15, 0.2) is 0 Å². The van der Waals surface area contributed by atoms with Crippen molar-refractivity contribution in [1.29, 1.82) is 0 Å². The summed E-state index contributed by atoms with van der Waals surface area (Å²) in [5.74, 6) is 2.03. The van der Waals surface area contributed by atoms with Crippen molar-refractivity contribution >= 4 is 0 Å². The molecule has 2 rings (SSSR count). The molecular formula is C9H16O. The minimum Gasteiger partial charge on any atom is -0.389 e. The van der Waals surface area contributed by atoms with Crippen molar-refractivity contribution in [2.75, 3.05) is 0 Å². The molecule has 10 heavy (non-hydrogen) atoms. The number of aliphatic hydroxyl groups is 1. The minimum atomic E-state index is -0.273. The summed E-state index contributed by atoms with van der Waals surface area (Å²) in [6, 6.07) is 0. The lowest BCUT2D eigenvalue weighted by atomic mass is 9.85. The largest absolute Gasteiger partial charge is 0.389 e. The average Bonchev–Trinajstić information content (AvgIpc) is 2.56. The second-order valence-electron chi connectivity index (χ2n) is 4.29. The summed E-state index contributed by atoms with van der Waals surface area (Å²) in [5, 5.41) is 10.1. The first-order valence-corrected chi connectivity index (χ1v) is 4.37. The third-order valence-corrected chi connectivity index (χ3v) is 3.48. The van der Waals surface area contributed by atoms with E-state index in [1.54, 1.807) is 0 Å². The van der Waals surface area contributed by atoms with Crippen LogP contribution in [-0.4, -0.2) is 10.7 Å². The van der Waals surface area contributed by atoms with Gasteiger partial charge in [0, 0.05) is 0 Å². The van der Waals surface area contributed by atoms with Gasteiger partial charge in [-0.2, -0.15) is 0 Å². The summed E-state index contributed by atoms with van der Waals surface area (Å²) >= 11 is 0. The molecule has 0 bridgehead atoms. The van der Waals surface area contributed by atoms with E-state index >= 15 is 0 Å². The molecule has 0 aromatic heterocycles. The van der Waals surface area contributed by atoms with Crippen LogP contribution in [0.1, 0.15) is 33.1 Å². The van der Waals surface area contributed by atoms with Crippen LogP contribution in [-0.2, 0) is 0 Å². The zero-order chi connectivity index (χ0) is 7.35. The molecule has 1 heteroatoms. The van der Waals surface area contributed by atoms with Gasteiger partial charge >= 0.3 is 0 Å². The van der Waals surface area contributed by atoms with Gasteiger partial charge in [-0.1, -0.05) is 13.8 Å². The van der Waals surface area contributed by atoms with Gasteiger partial charge in [0.05, 0.1) is 5.60 Å². The topological polar surface area (TPSA) is 20.2 Å². The summed E-state index contributed by atoms with van der Waals surface area (Å²) in [7, 11) is 0. The van der Waals surface area contributed by atoms with Gasteiger partial charge in [0.1, 0.15) is 0 Å². The molecule has 1 N–H and O–H groups in total. The molecule has 2 aliphatic rings. The second-order valence-corrected chi connectivity index (χ2v) is 4.29. The SMILES string of the molecule is CC(C)C1(O)CCC2CC21. The van der Waals surface area contributed by atoms with Crippen LogP contribution in [0.5, 0.6) is 0 Å². The fraction of sp³-hybridized carbons (Fsp3) is 1.00. The first kappa shape index (κ1) is 6.66. The normalized spacial score (nSPS) is 51.6. The van der Waals surface area contributed by atoms with Gasteiger partial charge in [-0.15, -0.1) is 0 Å². The van der Waals surface area contributed by atoms with Gasteiger partial charge in [-0.05, 0) is 37.0 Å². The van der Waals surface area contributed by atoms with Gasteiger partial charge in [-0.25, -0.2) is 0 Å². The van der Waals surface area contributed by atoms with E-state index in [0.29, 0.717) is 11.8 Å². The molecule has 0 amide bonds. The van der Waals surface area contributed by atoms with Crippen LogP contribution in [0.25, 0.3) is 0 Å². The molecule has 0 aromatic rings. The molecule has 3 atom stereocenters. The molecule has 0 saturated heterocycles. The fourth-order valence-corrected chi connectivity index (χ4v) is 2.50.